The van der Waals surface area contributed by atoms with Crippen molar-refractivity contribution in [3.63, 3.8) is 0 Å². The number of fused-ring (bicyclic) bond motifs is 1. The van der Waals surface area contributed by atoms with Crippen molar-refractivity contribution in [3.05, 3.63) is 40.4 Å². The van der Waals surface area contributed by atoms with E-state index >= 15 is 0 Å². The second-order valence-corrected chi connectivity index (χ2v) is 7.88. The van der Waals surface area contributed by atoms with Crippen LogP contribution in [-0.4, -0.2) is 17.5 Å². The summed E-state index contributed by atoms with van der Waals surface area (Å²) < 4.78 is 5.56. The van der Waals surface area contributed by atoms with E-state index in [2.05, 4.69) is 31.1 Å². The third-order valence-electron chi connectivity index (χ3n) is 4.35. The van der Waals surface area contributed by atoms with Crippen molar-refractivity contribution < 1.29 is 9.53 Å². The number of anilines is 1. The molecule has 128 valence electrons. The largest absolute Gasteiger partial charge is 0.484 e. The lowest BCUT2D eigenvalue weighted by molar-refractivity contribution is -0.118. The Labute approximate surface area is 147 Å². The molecule has 0 saturated heterocycles. The van der Waals surface area contributed by atoms with Crippen molar-refractivity contribution in [2.45, 2.75) is 46.0 Å². The van der Waals surface area contributed by atoms with E-state index in [-0.39, 0.29) is 12.5 Å². The normalized spacial score (nSPS) is 16.8. The van der Waals surface area contributed by atoms with Crippen molar-refractivity contribution in [3.8, 4) is 5.75 Å². The average Bonchev–Trinajstić information content (AvgIpc) is 2.94. The first kappa shape index (κ1) is 17.0. The molecule has 2 aromatic rings. The van der Waals surface area contributed by atoms with Gasteiger partial charge in [-0.2, -0.15) is 0 Å². The highest BCUT2D eigenvalue weighted by atomic mass is 32.1. The summed E-state index contributed by atoms with van der Waals surface area (Å²) in [7, 11) is 0. The van der Waals surface area contributed by atoms with Gasteiger partial charge in [0.15, 0.2) is 11.7 Å². The molecule has 0 radical (unpaired) electrons. The van der Waals surface area contributed by atoms with E-state index < -0.39 is 0 Å². The molecule has 1 aromatic carbocycles. The lowest BCUT2D eigenvalue weighted by atomic mass is 9.93. The topological polar surface area (TPSA) is 51.2 Å². The Bertz CT molecular complexity index is 707. The van der Waals surface area contributed by atoms with Crippen molar-refractivity contribution in [2.24, 2.45) is 5.92 Å². The van der Waals surface area contributed by atoms with E-state index in [0.717, 1.165) is 18.5 Å². The van der Waals surface area contributed by atoms with Gasteiger partial charge in [0, 0.05) is 4.88 Å². The maximum Gasteiger partial charge on any atom is 0.264 e. The Morgan fingerprint density at radius 2 is 2.12 bits per heavy atom. The van der Waals surface area contributed by atoms with Crippen LogP contribution >= 0.6 is 11.3 Å². The van der Waals surface area contributed by atoms with Crippen molar-refractivity contribution >= 4 is 22.4 Å². The van der Waals surface area contributed by atoms with Crippen molar-refractivity contribution in [1.82, 2.24) is 4.98 Å². The summed E-state index contributed by atoms with van der Waals surface area (Å²) in [6.07, 6.45) is 3.27. The molecule has 0 unspecified atom stereocenters. The minimum atomic E-state index is -0.165. The maximum atomic E-state index is 12.1. The van der Waals surface area contributed by atoms with Crippen LogP contribution in [0, 0.1) is 5.92 Å². The zero-order valence-corrected chi connectivity index (χ0v) is 15.3. The predicted molar refractivity (Wildman–Crippen MR) is 98.0 cm³/mol. The van der Waals surface area contributed by atoms with Crippen LogP contribution in [0.5, 0.6) is 5.75 Å². The number of ether oxygens (including phenoxy) is 1. The smallest absolute Gasteiger partial charge is 0.264 e. The number of nitrogens with one attached hydrogen (secondary N) is 1. The predicted octanol–water partition coefficient (Wildman–Crippen LogP) is 4.41. The SMILES string of the molecule is CC(C)c1ccc(OCC(=O)Nc2nc3c(s2)C[C@@H](C)CC3)cc1. The van der Waals surface area contributed by atoms with E-state index in [1.54, 1.807) is 11.3 Å². The second kappa shape index (κ2) is 7.34. The van der Waals surface area contributed by atoms with Crippen LogP contribution in [0.1, 0.15) is 49.2 Å². The number of benzene rings is 1. The molecule has 1 atom stereocenters. The molecule has 0 bridgehead atoms. The molecule has 0 spiro atoms. The van der Waals surface area contributed by atoms with Gasteiger partial charge in [-0.3, -0.25) is 10.1 Å². The van der Waals surface area contributed by atoms with Crippen LogP contribution in [-0.2, 0) is 17.6 Å². The molecule has 0 saturated carbocycles. The summed E-state index contributed by atoms with van der Waals surface area (Å²) in [6, 6.07) is 7.89. The highest BCUT2D eigenvalue weighted by Crippen LogP contribution is 2.32. The lowest BCUT2D eigenvalue weighted by Crippen LogP contribution is -2.20. The first-order valence-corrected chi connectivity index (χ1v) is 9.34. The second-order valence-electron chi connectivity index (χ2n) is 6.80. The summed E-state index contributed by atoms with van der Waals surface area (Å²) in [6.45, 7) is 6.57. The standard InChI is InChI=1S/C19H24N2O2S/c1-12(2)14-5-7-15(8-6-14)23-11-18(22)21-19-20-16-9-4-13(3)10-17(16)24-19/h5-8,12-13H,4,9-11H2,1-3H3,(H,20,21,22)/t13-/m0/s1. The zero-order chi connectivity index (χ0) is 17.1. The first-order chi connectivity index (χ1) is 11.5. The number of aryl methyl sites for hydroxylation is 1. The number of carbonyl (C=O) groups excluding carboxylic acids is 1. The minimum absolute atomic E-state index is 0.00166. The summed E-state index contributed by atoms with van der Waals surface area (Å²) in [5.41, 5.74) is 2.41. The fraction of sp³-hybridized carbons (Fsp3) is 0.474. The monoisotopic (exact) mass is 344 g/mol. The molecule has 1 amide bonds. The molecule has 0 fully saturated rings. The number of hydrogen-bond donors (Lipinski definition) is 1. The number of amides is 1. The van der Waals surface area contributed by atoms with Gasteiger partial charge in [0.25, 0.3) is 5.91 Å². The van der Waals surface area contributed by atoms with E-state index in [4.69, 9.17) is 4.74 Å². The van der Waals surface area contributed by atoms with Gasteiger partial charge in [-0.05, 0) is 48.8 Å². The molecule has 4 nitrogen and oxygen atoms in total. The third kappa shape index (κ3) is 4.15. The number of rotatable bonds is 5. The first-order valence-electron chi connectivity index (χ1n) is 8.52. The molecule has 1 aromatic heterocycles. The highest BCUT2D eigenvalue weighted by molar-refractivity contribution is 7.15. The number of nitrogens with zero attached hydrogens (tertiary/aromatic N) is 1. The van der Waals surface area contributed by atoms with Gasteiger partial charge >= 0.3 is 0 Å². The summed E-state index contributed by atoms with van der Waals surface area (Å²) in [4.78, 5) is 17.9. The van der Waals surface area contributed by atoms with Gasteiger partial charge in [0.2, 0.25) is 0 Å². The van der Waals surface area contributed by atoms with Gasteiger partial charge in [-0.15, -0.1) is 11.3 Å². The van der Waals surface area contributed by atoms with Gasteiger partial charge in [0.1, 0.15) is 5.75 Å². The van der Waals surface area contributed by atoms with Crippen LogP contribution in [0.15, 0.2) is 24.3 Å². The van der Waals surface area contributed by atoms with E-state index in [9.17, 15) is 4.79 Å². The Morgan fingerprint density at radius 1 is 1.38 bits per heavy atom. The molecule has 1 aliphatic carbocycles. The van der Waals surface area contributed by atoms with Crippen molar-refractivity contribution in [1.29, 1.82) is 0 Å². The third-order valence-corrected chi connectivity index (χ3v) is 5.38. The van der Waals surface area contributed by atoms with E-state index in [1.807, 2.05) is 24.3 Å². The summed E-state index contributed by atoms with van der Waals surface area (Å²) in [5, 5.41) is 3.55. The molecule has 0 aliphatic heterocycles. The van der Waals surface area contributed by atoms with Crippen molar-refractivity contribution in [2.75, 3.05) is 11.9 Å². The fourth-order valence-corrected chi connectivity index (χ4v) is 4.03. The van der Waals surface area contributed by atoms with Crippen LogP contribution in [0.3, 0.4) is 0 Å². The Kier molecular flexibility index (Phi) is 5.19. The molecule has 3 rings (SSSR count). The molecule has 1 heterocycles. The number of carbonyl (C=O) groups is 1. The zero-order valence-electron chi connectivity index (χ0n) is 14.5. The summed E-state index contributed by atoms with van der Waals surface area (Å²) in [5.74, 6) is 1.74. The Balaban J connectivity index is 1.52. The molecular weight excluding hydrogens is 320 g/mol. The van der Waals surface area contributed by atoms with Crippen LogP contribution in [0.2, 0.25) is 0 Å². The fourth-order valence-electron chi connectivity index (χ4n) is 2.85. The van der Waals surface area contributed by atoms with Crippen LogP contribution in [0.25, 0.3) is 0 Å². The highest BCUT2D eigenvalue weighted by Gasteiger charge is 2.20. The summed E-state index contributed by atoms with van der Waals surface area (Å²) >= 11 is 1.60. The molecule has 24 heavy (non-hydrogen) atoms. The maximum absolute atomic E-state index is 12.1. The Morgan fingerprint density at radius 3 is 2.83 bits per heavy atom. The van der Waals surface area contributed by atoms with E-state index in [0.29, 0.717) is 22.7 Å². The molecule has 1 aliphatic rings. The molecule has 5 heteroatoms. The van der Waals surface area contributed by atoms with Crippen LogP contribution in [0.4, 0.5) is 5.13 Å². The van der Waals surface area contributed by atoms with Gasteiger partial charge in [-0.25, -0.2) is 4.98 Å². The Hall–Kier alpha value is -1.88. The van der Waals surface area contributed by atoms with E-state index in [1.165, 1.54) is 16.9 Å². The number of hydrogen-bond acceptors (Lipinski definition) is 4. The van der Waals surface area contributed by atoms with Gasteiger partial charge in [0.05, 0.1) is 5.69 Å². The van der Waals surface area contributed by atoms with Gasteiger partial charge in [-0.1, -0.05) is 32.9 Å². The van der Waals surface area contributed by atoms with Crippen LogP contribution < -0.4 is 10.1 Å². The minimum Gasteiger partial charge on any atom is -0.484 e. The lowest BCUT2D eigenvalue weighted by Gasteiger charge is -2.15. The quantitative estimate of drug-likeness (QED) is 0.874. The number of aromatic nitrogens is 1. The average molecular weight is 344 g/mol. The number of thiazole rings is 1. The molecular formula is C19H24N2O2S. The van der Waals surface area contributed by atoms with Gasteiger partial charge < -0.3 is 4.74 Å². The molecule has 1 N–H and O–H groups in total.